The molecule has 3 aliphatic rings. The number of ether oxygens (including phenoxy) is 1. The molecule has 1 fully saturated rings. The van der Waals surface area contributed by atoms with Gasteiger partial charge >= 0.3 is 5.97 Å². The molecule has 1 aromatic carbocycles. The van der Waals surface area contributed by atoms with Gasteiger partial charge in [-0.3, -0.25) is 4.79 Å². The lowest BCUT2D eigenvalue weighted by molar-refractivity contribution is -0.143. The van der Waals surface area contributed by atoms with Gasteiger partial charge in [0.15, 0.2) is 5.17 Å². The number of aryl methyl sites for hydroxylation is 1. The third-order valence-electron chi connectivity index (χ3n) is 6.14. The number of fused-ring (bicyclic) bond motifs is 1. The van der Waals surface area contributed by atoms with Crippen LogP contribution >= 0.6 is 11.8 Å². The molecule has 176 valence electrons. The molecule has 0 aliphatic carbocycles. The maximum Gasteiger partial charge on any atom is 0.338 e. The molecule has 3 aliphatic heterocycles. The largest absolute Gasteiger partial charge is 0.459 e. The van der Waals surface area contributed by atoms with Crippen LogP contribution in [0.15, 0.2) is 51.6 Å². The van der Waals surface area contributed by atoms with Crippen LogP contribution in [-0.2, 0) is 14.3 Å². The Labute approximate surface area is 200 Å². The fourth-order valence-corrected chi connectivity index (χ4v) is 5.26. The Morgan fingerprint density at radius 1 is 1.12 bits per heavy atom. The summed E-state index contributed by atoms with van der Waals surface area (Å²) in [6, 6.07) is 7.79. The summed E-state index contributed by atoms with van der Waals surface area (Å²) in [6.45, 7) is 10.8. The minimum atomic E-state index is -0.383. The lowest BCUT2D eigenvalue weighted by atomic mass is 9.93. The van der Waals surface area contributed by atoms with Crippen LogP contribution in [0.5, 0.6) is 0 Å². The number of thioether (sulfide) groups is 1. The predicted octanol–water partition coefficient (Wildman–Crippen LogP) is 3.69. The summed E-state index contributed by atoms with van der Waals surface area (Å²) in [5, 5.41) is 2.79. The second-order valence-electron chi connectivity index (χ2n) is 9.12. The van der Waals surface area contributed by atoms with Crippen LogP contribution in [0.3, 0.4) is 0 Å². The first-order chi connectivity index (χ1) is 15.7. The second kappa shape index (κ2) is 9.73. The number of piperazine rings is 1. The third-order valence-corrected chi connectivity index (χ3v) is 7.03. The van der Waals surface area contributed by atoms with Gasteiger partial charge in [-0.2, -0.15) is 0 Å². The highest BCUT2D eigenvalue weighted by Gasteiger charge is 2.41. The number of allylic oxidation sites excluding steroid dienone is 1. The molecule has 1 amide bonds. The number of aliphatic imine (C=N–C) groups is 1. The van der Waals surface area contributed by atoms with E-state index in [0.717, 1.165) is 48.2 Å². The third kappa shape index (κ3) is 5.01. The zero-order chi connectivity index (χ0) is 23.7. The van der Waals surface area contributed by atoms with Crippen molar-refractivity contribution in [2.75, 3.05) is 33.2 Å². The van der Waals surface area contributed by atoms with E-state index in [4.69, 9.17) is 9.73 Å². The van der Waals surface area contributed by atoms with Gasteiger partial charge in [0.1, 0.15) is 0 Å². The molecule has 0 spiro atoms. The van der Waals surface area contributed by atoms with Crippen molar-refractivity contribution < 1.29 is 14.3 Å². The van der Waals surface area contributed by atoms with Gasteiger partial charge in [0, 0.05) is 31.9 Å². The maximum atomic E-state index is 13.2. The molecule has 0 radical (unpaired) electrons. The fourth-order valence-electron chi connectivity index (χ4n) is 4.30. The summed E-state index contributed by atoms with van der Waals surface area (Å²) in [7, 11) is 2.08. The van der Waals surface area contributed by atoms with Crippen molar-refractivity contribution in [3.63, 3.8) is 0 Å². The van der Waals surface area contributed by atoms with E-state index in [2.05, 4.69) is 11.9 Å². The number of rotatable bonds is 5. The van der Waals surface area contributed by atoms with Gasteiger partial charge in [-0.15, -0.1) is 0 Å². The second-order valence-corrected chi connectivity index (χ2v) is 9.96. The molecule has 1 aromatic rings. The van der Waals surface area contributed by atoms with Crippen molar-refractivity contribution in [1.29, 1.82) is 0 Å². The molecule has 7 nitrogen and oxygen atoms in total. The summed E-state index contributed by atoms with van der Waals surface area (Å²) in [4.78, 5) is 37.3. The van der Waals surface area contributed by atoms with Crippen LogP contribution < -0.4 is 0 Å². The molecule has 8 heteroatoms. The highest BCUT2D eigenvalue weighted by Crippen LogP contribution is 2.45. The van der Waals surface area contributed by atoms with E-state index >= 15 is 0 Å². The molecule has 4 rings (SSSR count). The Kier molecular flexibility index (Phi) is 6.95. The number of carbonyl (C=O) groups is 2. The molecular weight excluding hydrogens is 436 g/mol. The first kappa shape index (κ1) is 23.6. The Morgan fingerprint density at radius 2 is 1.79 bits per heavy atom. The highest BCUT2D eigenvalue weighted by molar-refractivity contribution is 8.16. The number of hydrogen-bond acceptors (Lipinski definition) is 7. The molecule has 1 unspecified atom stereocenters. The number of benzene rings is 1. The van der Waals surface area contributed by atoms with E-state index in [1.165, 1.54) is 11.8 Å². The summed E-state index contributed by atoms with van der Waals surface area (Å²) in [6.07, 6.45) is 0.0486. The number of esters is 1. The van der Waals surface area contributed by atoms with E-state index < -0.39 is 0 Å². The van der Waals surface area contributed by atoms with Gasteiger partial charge in [0.2, 0.25) is 5.91 Å². The van der Waals surface area contributed by atoms with Crippen molar-refractivity contribution in [3.8, 4) is 0 Å². The van der Waals surface area contributed by atoms with Gasteiger partial charge in [0.05, 0.1) is 29.8 Å². The molecule has 0 aromatic heterocycles. The van der Waals surface area contributed by atoms with Crippen LogP contribution in [0.1, 0.15) is 44.4 Å². The van der Waals surface area contributed by atoms with E-state index in [-0.39, 0.29) is 30.4 Å². The van der Waals surface area contributed by atoms with Gasteiger partial charge < -0.3 is 19.4 Å². The number of amides is 1. The van der Waals surface area contributed by atoms with E-state index in [0.29, 0.717) is 11.3 Å². The average Bonchev–Trinajstić information content (AvgIpc) is 3.15. The average molecular weight is 469 g/mol. The van der Waals surface area contributed by atoms with Gasteiger partial charge in [-0.25, -0.2) is 9.79 Å². The van der Waals surface area contributed by atoms with Gasteiger partial charge in [-0.05, 0) is 45.7 Å². The highest BCUT2D eigenvalue weighted by atomic mass is 32.2. The lowest BCUT2D eigenvalue weighted by Crippen LogP contribution is -2.47. The van der Waals surface area contributed by atoms with E-state index in [1.807, 2.05) is 67.2 Å². The first-order valence-electron chi connectivity index (χ1n) is 11.4. The van der Waals surface area contributed by atoms with E-state index in [1.54, 1.807) is 0 Å². The Bertz CT molecular complexity index is 1020. The number of carbonyl (C=O) groups excluding carboxylic acids is 2. The lowest BCUT2D eigenvalue weighted by Gasteiger charge is -2.37. The molecule has 1 saturated heterocycles. The molecule has 0 N–H and O–H groups in total. The van der Waals surface area contributed by atoms with Crippen LogP contribution in [-0.4, -0.2) is 71.1 Å². The van der Waals surface area contributed by atoms with Crippen LogP contribution in [0.2, 0.25) is 0 Å². The standard InChI is InChI=1S/C25H32N4O3S/c1-16(2)32-24(31)22-18(4)26-25-29(23(22)19-8-6-17(3)7-9-19)20(15-33-25)14-21(30)28-12-10-27(5)11-13-28/h6-9,15-16,23H,10-14H2,1-5H3. The van der Waals surface area contributed by atoms with Crippen molar-refractivity contribution in [1.82, 2.24) is 14.7 Å². The molecular formula is C25H32N4O3S. The normalized spacial score (nSPS) is 21.2. The fraction of sp³-hybridized carbons (Fsp3) is 0.480. The summed E-state index contributed by atoms with van der Waals surface area (Å²) in [5.41, 5.74) is 4.17. The summed E-state index contributed by atoms with van der Waals surface area (Å²) in [5.74, 6) is -0.256. The molecule has 33 heavy (non-hydrogen) atoms. The van der Waals surface area contributed by atoms with Crippen LogP contribution in [0.4, 0.5) is 0 Å². The molecule has 0 saturated carbocycles. The zero-order valence-corrected chi connectivity index (χ0v) is 20.8. The van der Waals surface area contributed by atoms with Crippen molar-refractivity contribution in [2.45, 2.75) is 46.3 Å². The van der Waals surface area contributed by atoms with E-state index in [9.17, 15) is 9.59 Å². The topological polar surface area (TPSA) is 65.5 Å². The van der Waals surface area contributed by atoms with Crippen LogP contribution in [0, 0.1) is 6.92 Å². The zero-order valence-electron chi connectivity index (χ0n) is 20.0. The van der Waals surface area contributed by atoms with Crippen LogP contribution in [0.25, 0.3) is 0 Å². The minimum Gasteiger partial charge on any atom is -0.459 e. The Balaban J connectivity index is 1.66. The monoisotopic (exact) mass is 468 g/mol. The molecule has 1 atom stereocenters. The van der Waals surface area contributed by atoms with Gasteiger partial charge in [-0.1, -0.05) is 41.6 Å². The SMILES string of the molecule is CC1=C(C(=O)OC(C)C)C(c2ccc(C)cc2)N2C(CC(=O)N3CCN(C)CC3)=CSC2=N1. The maximum absolute atomic E-state index is 13.2. The summed E-state index contributed by atoms with van der Waals surface area (Å²) >= 11 is 1.51. The predicted molar refractivity (Wildman–Crippen MR) is 131 cm³/mol. The van der Waals surface area contributed by atoms with Crippen molar-refractivity contribution in [3.05, 3.63) is 57.8 Å². The minimum absolute atomic E-state index is 0.108. The Morgan fingerprint density at radius 3 is 2.42 bits per heavy atom. The van der Waals surface area contributed by atoms with Crippen molar-refractivity contribution >= 4 is 28.8 Å². The van der Waals surface area contributed by atoms with Crippen molar-refractivity contribution in [2.24, 2.45) is 4.99 Å². The number of likely N-dealkylation sites (N-methyl/N-ethyl adjacent to an activating group) is 1. The number of amidine groups is 1. The van der Waals surface area contributed by atoms with Gasteiger partial charge in [0.25, 0.3) is 0 Å². The number of nitrogens with zero attached hydrogens (tertiary/aromatic N) is 4. The molecule has 0 bridgehead atoms. The Hall–Kier alpha value is -2.58. The molecule has 3 heterocycles. The summed E-state index contributed by atoms with van der Waals surface area (Å²) < 4.78 is 5.61. The quantitative estimate of drug-likeness (QED) is 0.614. The smallest absolute Gasteiger partial charge is 0.338 e. The first-order valence-corrected chi connectivity index (χ1v) is 12.3. The number of hydrogen-bond donors (Lipinski definition) is 0.